The monoisotopic (exact) mass is 303 g/mol. The zero-order valence-electron chi connectivity index (χ0n) is 12.6. The summed E-state index contributed by atoms with van der Waals surface area (Å²) in [6.07, 6.45) is 5.73. The molecule has 3 aromatic rings. The number of nitrogens with one attached hydrogen (secondary N) is 1. The fourth-order valence-electron chi connectivity index (χ4n) is 2.33. The van der Waals surface area contributed by atoms with E-state index in [1.807, 2.05) is 42.5 Å². The predicted octanol–water partition coefficient (Wildman–Crippen LogP) is 3.12. The Morgan fingerprint density at radius 1 is 0.870 bits per heavy atom. The summed E-state index contributed by atoms with van der Waals surface area (Å²) in [5, 5.41) is 2.91. The van der Waals surface area contributed by atoms with Crippen molar-refractivity contribution in [2.24, 2.45) is 0 Å². The quantitative estimate of drug-likeness (QED) is 0.788. The van der Waals surface area contributed by atoms with Crippen molar-refractivity contribution < 1.29 is 4.79 Å². The van der Waals surface area contributed by atoms with Crippen molar-refractivity contribution >= 4 is 5.91 Å². The van der Waals surface area contributed by atoms with Crippen LogP contribution < -0.4 is 5.32 Å². The molecular formula is C19H17N3O. The van der Waals surface area contributed by atoms with Gasteiger partial charge < -0.3 is 5.32 Å². The van der Waals surface area contributed by atoms with Crippen LogP contribution in [0.5, 0.6) is 0 Å². The van der Waals surface area contributed by atoms with E-state index in [2.05, 4.69) is 27.4 Å². The molecule has 0 fully saturated rings. The second-order valence-corrected chi connectivity index (χ2v) is 5.20. The van der Waals surface area contributed by atoms with Crippen LogP contribution in [0.2, 0.25) is 0 Å². The first kappa shape index (κ1) is 14.9. The van der Waals surface area contributed by atoms with Gasteiger partial charge in [-0.05, 0) is 35.2 Å². The molecule has 4 heteroatoms. The summed E-state index contributed by atoms with van der Waals surface area (Å²) < 4.78 is 0. The van der Waals surface area contributed by atoms with Gasteiger partial charge in [0.2, 0.25) is 0 Å². The van der Waals surface area contributed by atoms with Crippen molar-refractivity contribution in [2.45, 2.75) is 6.42 Å². The molecule has 0 aliphatic carbocycles. The third-order valence-corrected chi connectivity index (χ3v) is 3.57. The maximum atomic E-state index is 12.1. The van der Waals surface area contributed by atoms with Crippen LogP contribution in [-0.2, 0) is 6.42 Å². The Morgan fingerprint density at radius 2 is 1.52 bits per heavy atom. The van der Waals surface area contributed by atoms with E-state index in [1.54, 1.807) is 12.4 Å². The maximum Gasteiger partial charge on any atom is 0.251 e. The lowest BCUT2D eigenvalue weighted by Crippen LogP contribution is -2.25. The SMILES string of the molecule is O=C(NCCc1cncnc1)c1ccc(-c2ccccc2)cc1. The average molecular weight is 303 g/mol. The lowest BCUT2D eigenvalue weighted by Gasteiger charge is -2.06. The molecule has 1 amide bonds. The van der Waals surface area contributed by atoms with Gasteiger partial charge in [0.1, 0.15) is 6.33 Å². The molecule has 0 atom stereocenters. The Morgan fingerprint density at radius 3 is 2.22 bits per heavy atom. The van der Waals surface area contributed by atoms with Gasteiger partial charge in [-0.2, -0.15) is 0 Å². The van der Waals surface area contributed by atoms with E-state index in [0.29, 0.717) is 18.5 Å². The van der Waals surface area contributed by atoms with E-state index in [1.165, 1.54) is 6.33 Å². The van der Waals surface area contributed by atoms with Crippen molar-refractivity contribution in [3.05, 3.63) is 84.4 Å². The van der Waals surface area contributed by atoms with E-state index in [-0.39, 0.29) is 5.91 Å². The summed E-state index contributed by atoms with van der Waals surface area (Å²) in [5.74, 6) is -0.0681. The summed E-state index contributed by atoms with van der Waals surface area (Å²) >= 11 is 0. The highest BCUT2D eigenvalue weighted by atomic mass is 16.1. The molecule has 114 valence electrons. The molecule has 3 rings (SSSR count). The highest BCUT2D eigenvalue weighted by molar-refractivity contribution is 5.94. The first-order valence-electron chi connectivity index (χ1n) is 7.50. The molecule has 0 bridgehead atoms. The van der Waals surface area contributed by atoms with Crippen molar-refractivity contribution in [1.29, 1.82) is 0 Å². The van der Waals surface area contributed by atoms with Gasteiger partial charge in [0.15, 0.2) is 0 Å². The second kappa shape index (κ2) is 7.31. The van der Waals surface area contributed by atoms with E-state index in [9.17, 15) is 4.79 Å². The zero-order valence-corrected chi connectivity index (χ0v) is 12.6. The van der Waals surface area contributed by atoms with Crippen molar-refractivity contribution in [3.8, 4) is 11.1 Å². The molecule has 1 heterocycles. The Hall–Kier alpha value is -3.01. The largest absolute Gasteiger partial charge is 0.352 e. The standard InChI is InChI=1S/C19H17N3O/c23-19(22-11-10-15-12-20-14-21-13-15)18-8-6-17(7-9-18)16-4-2-1-3-5-16/h1-9,12-14H,10-11H2,(H,22,23). The van der Waals surface area contributed by atoms with Gasteiger partial charge in [0.05, 0.1) is 0 Å². The number of rotatable bonds is 5. The molecule has 0 aliphatic heterocycles. The molecule has 0 unspecified atom stereocenters. The fourth-order valence-corrected chi connectivity index (χ4v) is 2.33. The highest BCUT2D eigenvalue weighted by Gasteiger charge is 2.05. The van der Waals surface area contributed by atoms with Crippen LogP contribution in [0.3, 0.4) is 0 Å². The molecule has 2 aromatic carbocycles. The van der Waals surface area contributed by atoms with E-state index < -0.39 is 0 Å². The Labute approximate surface area is 135 Å². The maximum absolute atomic E-state index is 12.1. The van der Waals surface area contributed by atoms with Crippen LogP contribution in [0.25, 0.3) is 11.1 Å². The second-order valence-electron chi connectivity index (χ2n) is 5.20. The first-order valence-corrected chi connectivity index (χ1v) is 7.50. The van der Waals surface area contributed by atoms with Gasteiger partial charge in [-0.1, -0.05) is 42.5 Å². The van der Waals surface area contributed by atoms with Gasteiger partial charge in [-0.25, -0.2) is 9.97 Å². The van der Waals surface area contributed by atoms with Crippen LogP contribution in [0.4, 0.5) is 0 Å². The van der Waals surface area contributed by atoms with Crippen molar-refractivity contribution in [3.63, 3.8) is 0 Å². The van der Waals surface area contributed by atoms with Crippen LogP contribution >= 0.6 is 0 Å². The number of benzene rings is 2. The first-order chi connectivity index (χ1) is 11.3. The summed E-state index contributed by atoms with van der Waals surface area (Å²) in [4.78, 5) is 20.1. The molecule has 23 heavy (non-hydrogen) atoms. The summed E-state index contributed by atoms with van der Waals surface area (Å²) in [6, 6.07) is 17.7. The molecular weight excluding hydrogens is 286 g/mol. The lowest BCUT2D eigenvalue weighted by molar-refractivity contribution is 0.0954. The molecule has 4 nitrogen and oxygen atoms in total. The number of aromatic nitrogens is 2. The number of carbonyl (C=O) groups is 1. The Kier molecular flexibility index (Phi) is 4.74. The number of hydrogen-bond acceptors (Lipinski definition) is 3. The molecule has 1 N–H and O–H groups in total. The normalized spacial score (nSPS) is 10.3. The van der Waals surface area contributed by atoms with E-state index >= 15 is 0 Å². The summed E-state index contributed by atoms with van der Waals surface area (Å²) in [6.45, 7) is 0.562. The predicted molar refractivity (Wildman–Crippen MR) is 89.9 cm³/mol. The highest BCUT2D eigenvalue weighted by Crippen LogP contribution is 2.19. The minimum Gasteiger partial charge on any atom is -0.352 e. The minimum absolute atomic E-state index is 0.0681. The van der Waals surface area contributed by atoms with Gasteiger partial charge >= 0.3 is 0 Å². The van der Waals surface area contributed by atoms with Crippen molar-refractivity contribution in [2.75, 3.05) is 6.54 Å². The van der Waals surface area contributed by atoms with E-state index in [4.69, 9.17) is 0 Å². The number of carbonyl (C=O) groups excluding carboxylic acids is 1. The summed E-state index contributed by atoms with van der Waals surface area (Å²) in [5.41, 5.74) is 3.91. The van der Waals surface area contributed by atoms with Gasteiger partial charge in [-0.15, -0.1) is 0 Å². The zero-order chi connectivity index (χ0) is 15.9. The number of hydrogen-bond donors (Lipinski definition) is 1. The van der Waals surface area contributed by atoms with Gasteiger partial charge in [0.25, 0.3) is 5.91 Å². The third kappa shape index (κ3) is 4.01. The average Bonchev–Trinajstić information content (AvgIpc) is 2.63. The third-order valence-electron chi connectivity index (χ3n) is 3.57. The van der Waals surface area contributed by atoms with Crippen LogP contribution in [0.15, 0.2) is 73.3 Å². The van der Waals surface area contributed by atoms with Crippen molar-refractivity contribution in [1.82, 2.24) is 15.3 Å². The number of nitrogens with zero attached hydrogens (tertiary/aromatic N) is 2. The molecule has 1 aromatic heterocycles. The minimum atomic E-state index is -0.0681. The Bertz CT molecular complexity index is 756. The van der Waals surface area contributed by atoms with Crippen LogP contribution in [-0.4, -0.2) is 22.4 Å². The lowest BCUT2D eigenvalue weighted by atomic mass is 10.0. The molecule has 0 aliphatic rings. The molecule has 0 saturated heterocycles. The van der Waals surface area contributed by atoms with Gasteiger partial charge in [0, 0.05) is 24.5 Å². The topological polar surface area (TPSA) is 54.9 Å². The summed E-state index contributed by atoms with van der Waals surface area (Å²) in [7, 11) is 0. The molecule has 0 radical (unpaired) electrons. The van der Waals surface area contributed by atoms with E-state index in [0.717, 1.165) is 16.7 Å². The fraction of sp³-hybridized carbons (Fsp3) is 0.105. The molecule has 0 saturated carbocycles. The van der Waals surface area contributed by atoms with Crippen LogP contribution in [0.1, 0.15) is 15.9 Å². The Balaban J connectivity index is 1.58. The molecule has 0 spiro atoms. The van der Waals surface area contributed by atoms with Crippen LogP contribution in [0, 0.1) is 0 Å². The smallest absolute Gasteiger partial charge is 0.251 e. The number of amides is 1. The van der Waals surface area contributed by atoms with Gasteiger partial charge in [-0.3, -0.25) is 4.79 Å².